The molecule has 1 fully saturated rings. The van der Waals surface area contributed by atoms with Crippen LogP contribution in [0, 0.1) is 0 Å². The highest BCUT2D eigenvalue weighted by atomic mass is 32.1. The maximum Gasteiger partial charge on any atom is 0.173 e. The van der Waals surface area contributed by atoms with Gasteiger partial charge < -0.3 is 24.6 Å². The van der Waals surface area contributed by atoms with E-state index in [2.05, 4.69) is 22.2 Å². The minimum Gasteiger partial charge on any atom is -0.494 e. The Labute approximate surface area is 179 Å². The van der Waals surface area contributed by atoms with Crippen LogP contribution in [0.5, 0.6) is 11.5 Å². The number of ether oxygens (including phenoxy) is 2. The number of likely N-dealkylation sites (N-methyl/N-ethyl adjacent to an activating group) is 1. The first-order chi connectivity index (χ1) is 14.2. The van der Waals surface area contributed by atoms with Gasteiger partial charge in [0.2, 0.25) is 0 Å². The second-order valence-electron chi connectivity index (χ2n) is 7.32. The molecule has 2 aromatic carbocycles. The second kappa shape index (κ2) is 11.6. The molecule has 1 aliphatic heterocycles. The van der Waals surface area contributed by atoms with Crippen molar-refractivity contribution in [3.05, 3.63) is 54.6 Å². The van der Waals surface area contributed by atoms with Crippen LogP contribution in [0.2, 0.25) is 0 Å². The van der Waals surface area contributed by atoms with Crippen molar-refractivity contribution in [1.82, 2.24) is 9.80 Å². The molecular formula is C23H31N3O2S. The van der Waals surface area contributed by atoms with Crippen molar-refractivity contribution in [2.75, 3.05) is 51.8 Å². The van der Waals surface area contributed by atoms with E-state index in [1.807, 2.05) is 54.6 Å². The quantitative estimate of drug-likeness (QED) is 0.489. The van der Waals surface area contributed by atoms with Crippen LogP contribution in [0.3, 0.4) is 0 Å². The maximum absolute atomic E-state index is 5.91. The van der Waals surface area contributed by atoms with Crippen LogP contribution >= 0.6 is 12.2 Å². The molecule has 6 heteroatoms. The van der Waals surface area contributed by atoms with Gasteiger partial charge in [0.1, 0.15) is 11.5 Å². The van der Waals surface area contributed by atoms with E-state index in [-0.39, 0.29) is 0 Å². The van der Waals surface area contributed by atoms with Crippen molar-refractivity contribution in [2.45, 2.75) is 19.3 Å². The lowest BCUT2D eigenvalue weighted by atomic mass is 10.2. The average molecular weight is 414 g/mol. The summed E-state index contributed by atoms with van der Waals surface area (Å²) in [7, 11) is 2.14. The van der Waals surface area contributed by atoms with Gasteiger partial charge in [-0.15, -0.1) is 0 Å². The van der Waals surface area contributed by atoms with E-state index in [0.29, 0.717) is 6.61 Å². The number of nitrogens with zero attached hydrogens (tertiary/aromatic N) is 2. The Kier molecular flexibility index (Phi) is 8.58. The van der Waals surface area contributed by atoms with Gasteiger partial charge in [-0.1, -0.05) is 24.3 Å². The Bertz CT molecular complexity index is 749. The third kappa shape index (κ3) is 7.55. The van der Waals surface area contributed by atoms with Gasteiger partial charge in [-0.25, -0.2) is 0 Å². The largest absolute Gasteiger partial charge is 0.494 e. The van der Waals surface area contributed by atoms with Crippen molar-refractivity contribution >= 4 is 23.0 Å². The minimum atomic E-state index is 0.706. The highest BCUT2D eigenvalue weighted by Gasteiger charge is 2.16. The van der Waals surface area contributed by atoms with E-state index in [1.165, 1.54) is 0 Å². The molecule has 0 spiro atoms. The van der Waals surface area contributed by atoms with Crippen LogP contribution in [0.25, 0.3) is 0 Å². The molecule has 1 N–H and O–H groups in total. The van der Waals surface area contributed by atoms with Gasteiger partial charge in [0.05, 0.1) is 13.2 Å². The topological polar surface area (TPSA) is 37.0 Å². The molecule has 0 unspecified atom stereocenters. The number of anilines is 1. The Morgan fingerprint density at radius 2 is 1.52 bits per heavy atom. The normalized spacial score (nSPS) is 14.4. The summed E-state index contributed by atoms with van der Waals surface area (Å²) in [4.78, 5) is 4.54. The number of unbranched alkanes of at least 4 members (excludes halogenated alkanes) is 2. The number of hydrogen-bond acceptors (Lipinski definition) is 4. The lowest BCUT2D eigenvalue weighted by Crippen LogP contribution is -2.48. The predicted octanol–water partition coefficient (Wildman–Crippen LogP) is 4.26. The summed E-state index contributed by atoms with van der Waals surface area (Å²) in [6, 6.07) is 18.0. The van der Waals surface area contributed by atoms with Crippen molar-refractivity contribution in [2.24, 2.45) is 0 Å². The van der Waals surface area contributed by atoms with Crippen LogP contribution in [-0.4, -0.2) is 61.4 Å². The molecule has 0 aromatic heterocycles. The summed E-state index contributed by atoms with van der Waals surface area (Å²) in [6.07, 6.45) is 3.12. The molecule has 0 bridgehead atoms. The predicted molar refractivity (Wildman–Crippen MR) is 123 cm³/mol. The third-order valence-electron chi connectivity index (χ3n) is 4.95. The van der Waals surface area contributed by atoms with Gasteiger partial charge >= 0.3 is 0 Å². The van der Waals surface area contributed by atoms with Crippen LogP contribution in [0.4, 0.5) is 5.69 Å². The van der Waals surface area contributed by atoms with E-state index in [1.54, 1.807) is 0 Å². The van der Waals surface area contributed by atoms with Gasteiger partial charge in [-0.2, -0.15) is 0 Å². The molecule has 1 saturated heterocycles. The fourth-order valence-corrected chi connectivity index (χ4v) is 3.45. The number of thiocarbonyl (C=S) groups is 1. The van der Waals surface area contributed by atoms with Crippen LogP contribution in [0.15, 0.2) is 54.6 Å². The summed E-state index contributed by atoms with van der Waals surface area (Å²) in [5.74, 6) is 1.80. The fourth-order valence-electron chi connectivity index (χ4n) is 3.15. The molecule has 1 aliphatic rings. The zero-order valence-corrected chi connectivity index (χ0v) is 18.0. The lowest BCUT2D eigenvalue weighted by molar-refractivity contribution is 0.217. The van der Waals surface area contributed by atoms with E-state index < -0.39 is 0 Å². The standard InChI is InChI=1S/C23H31N3O2S/c1-25-13-15-26(16-14-25)23(29)24-20-9-8-12-22(19-20)28-18-7-3-6-17-27-21-10-4-2-5-11-21/h2,4-5,8-12,19H,3,6-7,13-18H2,1H3,(H,24,29). The first-order valence-corrected chi connectivity index (χ1v) is 10.8. The molecule has 2 aromatic rings. The number of rotatable bonds is 9. The van der Waals surface area contributed by atoms with Crippen LogP contribution < -0.4 is 14.8 Å². The van der Waals surface area contributed by atoms with Crippen LogP contribution in [0.1, 0.15) is 19.3 Å². The summed E-state index contributed by atoms with van der Waals surface area (Å²) >= 11 is 5.56. The fraction of sp³-hybridized carbons (Fsp3) is 0.435. The monoisotopic (exact) mass is 413 g/mol. The van der Waals surface area contributed by atoms with Gasteiger partial charge in [0.15, 0.2) is 5.11 Å². The second-order valence-corrected chi connectivity index (χ2v) is 7.71. The summed E-state index contributed by atoms with van der Waals surface area (Å²) in [6.45, 7) is 5.46. The third-order valence-corrected chi connectivity index (χ3v) is 5.31. The molecule has 0 aliphatic carbocycles. The first kappa shape index (κ1) is 21.4. The van der Waals surface area contributed by atoms with Crippen molar-refractivity contribution in [3.8, 4) is 11.5 Å². The van der Waals surface area contributed by atoms with E-state index in [4.69, 9.17) is 21.7 Å². The van der Waals surface area contributed by atoms with E-state index >= 15 is 0 Å². The molecule has 0 amide bonds. The van der Waals surface area contributed by atoms with Crippen LogP contribution in [-0.2, 0) is 0 Å². The van der Waals surface area contributed by atoms with E-state index in [9.17, 15) is 0 Å². The van der Waals surface area contributed by atoms with Crippen molar-refractivity contribution in [3.63, 3.8) is 0 Å². The number of para-hydroxylation sites is 1. The summed E-state index contributed by atoms with van der Waals surface area (Å²) in [5.41, 5.74) is 0.975. The lowest BCUT2D eigenvalue weighted by Gasteiger charge is -2.34. The Balaban J connectivity index is 1.31. The average Bonchev–Trinajstić information content (AvgIpc) is 2.74. The maximum atomic E-state index is 5.91. The SMILES string of the molecule is CN1CCN(C(=S)Nc2cccc(OCCCCCOc3ccccc3)c2)CC1. The smallest absolute Gasteiger partial charge is 0.173 e. The molecule has 1 heterocycles. The van der Waals surface area contributed by atoms with Gasteiger partial charge in [0.25, 0.3) is 0 Å². The molecule has 0 atom stereocenters. The summed E-state index contributed by atoms with van der Waals surface area (Å²) < 4.78 is 11.6. The first-order valence-electron chi connectivity index (χ1n) is 10.4. The molecule has 0 radical (unpaired) electrons. The molecular weight excluding hydrogens is 382 g/mol. The highest BCUT2D eigenvalue weighted by Crippen LogP contribution is 2.18. The van der Waals surface area contributed by atoms with E-state index in [0.717, 1.165) is 74.3 Å². The zero-order valence-electron chi connectivity index (χ0n) is 17.2. The molecule has 29 heavy (non-hydrogen) atoms. The Morgan fingerprint density at radius 1 is 0.862 bits per heavy atom. The molecule has 0 saturated carbocycles. The summed E-state index contributed by atoms with van der Waals surface area (Å²) in [5, 5.41) is 4.13. The van der Waals surface area contributed by atoms with Gasteiger partial charge in [-0.05, 0) is 62.8 Å². The van der Waals surface area contributed by atoms with Gasteiger partial charge in [-0.3, -0.25) is 0 Å². The molecule has 156 valence electrons. The van der Waals surface area contributed by atoms with Crippen molar-refractivity contribution < 1.29 is 9.47 Å². The number of benzene rings is 2. The minimum absolute atomic E-state index is 0.706. The number of nitrogens with one attached hydrogen (secondary N) is 1. The van der Waals surface area contributed by atoms with Crippen molar-refractivity contribution in [1.29, 1.82) is 0 Å². The number of hydrogen-bond donors (Lipinski definition) is 1. The molecule has 3 rings (SSSR count). The Hall–Kier alpha value is -2.31. The molecule has 5 nitrogen and oxygen atoms in total. The highest BCUT2D eigenvalue weighted by molar-refractivity contribution is 7.80. The number of piperazine rings is 1. The zero-order chi connectivity index (χ0) is 20.3. The van der Waals surface area contributed by atoms with Gasteiger partial charge in [0, 0.05) is 37.9 Å². The Morgan fingerprint density at radius 3 is 2.24 bits per heavy atom.